The molecule has 0 aliphatic rings. The second-order valence-electron chi connectivity index (χ2n) is 3.50. The molecule has 1 aromatic rings. The summed E-state index contributed by atoms with van der Waals surface area (Å²) in [5.74, 6) is 0. The highest BCUT2D eigenvalue weighted by Crippen LogP contribution is 2.34. The van der Waals surface area contributed by atoms with Crippen LogP contribution in [0.2, 0.25) is 0 Å². The fraction of sp³-hybridized carbons (Fsp3) is 0.333. The van der Waals surface area contributed by atoms with Gasteiger partial charge in [0.2, 0.25) is 0 Å². The summed E-state index contributed by atoms with van der Waals surface area (Å²) in [4.78, 5) is 0. The Kier molecular flexibility index (Phi) is 4.77. The summed E-state index contributed by atoms with van der Waals surface area (Å²) in [6, 6.07) is 3.51. The fourth-order valence-corrected chi connectivity index (χ4v) is 1.90. The summed E-state index contributed by atoms with van der Waals surface area (Å²) >= 11 is 3.22. The van der Waals surface area contributed by atoms with Gasteiger partial charge in [0.05, 0.1) is 18.3 Å². The molecule has 0 radical (unpaired) electrons. The molecule has 0 saturated heterocycles. The lowest BCUT2D eigenvalue weighted by Crippen LogP contribution is -2.08. The van der Waals surface area contributed by atoms with Crippen molar-refractivity contribution in [2.45, 2.75) is 19.2 Å². The largest absolute Gasteiger partial charge is 0.416 e. The minimum absolute atomic E-state index is 0.295. The fourth-order valence-electron chi connectivity index (χ4n) is 1.33. The van der Waals surface area contributed by atoms with Gasteiger partial charge in [0.25, 0.3) is 0 Å². The van der Waals surface area contributed by atoms with Gasteiger partial charge in [0, 0.05) is 4.47 Å². The monoisotopic (exact) mass is 308 g/mol. The van der Waals surface area contributed by atoms with E-state index in [2.05, 4.69) is 22.5 Å². The van der Waals surface area contributed by atoms with Gasteiger partial charge >= 0.3 is 6.18 Å². The standard InChI is InChI=1S/C12H12BrF3O/c1-3-6-17-8(2)10-7-9(12(14,15)16)4-5-11(10)13/h3-5,7-8H,1,6H2,2H3/t8-/m1/s1. The van der Waals surface area contributed by atoms with Crippen LogP contribution in [0, 0.1) is 0 Å². The van der Waals surface area contributed by atoms with E-state index in [1.54, 1.807) is 13.0 Å². The number of benzene rings is 1. The smallest absolute Gasteiger partial charge is 0.370 e. The van der Waals surface area contributed by atoms with E-state index in [1.807, 2.05) is 0 Å². The van der Waals surface area contributed by atoms with E-state index in [9.17, 15) is 13.2 Å². The lowest BCUT2D eigenvalue weighted by molar-refractivity contribution is -0.137. The van der Waals surface area contributed by atoms with Gasteiger partial charge in [-0.25, -0.2) is 0 Å². The van der Waals surface area contributed by atoms with E-state index in [4.69, 9.17) is 4.74 Å². The summed E-state index contributed by atoms with van der Waals surface area (Å²) in [5, 5.41) is 0. The van der Waals surface area contributed by atoms with Crippen LogP contribution >= 0.6 is 15.9 Å². The normalized spacial score (nSPS) is 13.5. The van der Waals surface area contributed by atoms with Crippen molar-refractivity contribution in [2.24, 2.45) is 0 Å². The van der Waals surface area contributed by atoms with Crippen molar-refractivity contribution in [3.63, 3.8) is 0 Å². The molecule has 1 atom stereocenters. The molecular weight excluding hydrogens is 297 g/mol. The van der Waals surface area contributed by atoms with Crippen molar-refractivity contribution in [2.75, 3.05) is 6.61 Å². The first-order valence-corrected chi connectivity index (χ1v) is 5.74. The van der Waals surface area contributed by atoms with Crippen molar-refractivity contribution >= 4 is 15.9 Å². The second kappa shape index (κ2) is 5.69. The van der Waals surface area contributed by atoms with Crippen LogP contribution in [0.4, 0.5) is 13.2 Å². The van der Waals surface area contributed by atoms with E-state index in [0.29, 0.717) is 16.6 Å². The van der Waals surface area contributed by atoms with E-state index in [-0.39, 0.29) is 0 Å². The van der Waals surface area contributed by atoms with E-state index >= 15 is 0 Å². The molecular formula is C12H12BrF3O. The van der Waals surface area contributed by atoms with Crippen molar-refractivity contribution in [3.05, 3.63) is 46.5 Å². The Labute approximate surface area is 106 Å². The summed E-state index contributed by atoms with van der Waals surface area (Å²) in [6.07, 6.45) is -3.21. The molecule has 0 bridgehead atoms. The lowest BCUT2D eigenvalue weighted by atomic mass is 10.1. The highest BCUT2D eigenvalue weighted by Gasteiger charge is 2.31. The third-order valence-electron chi connectivity index (χ3n) is 2.23. The molecule has 0 saturated carbocycles. The van der Waals surface area contributed by atoms with Gasteiger partial charge in [-0.2, -0.15) is 13.2 Å². The molecule has 0 amide bonds. The maximum atomic E-state index is 12.5. The van der Waals surface area contributed by atoms with E-state index in [0.717, 1.165) is 12.1 Å². The molecule has 1 aromatic carbocycles. The van der Waals surface area contributed by atoms with Crippen LogP contribution in [0.5, 0.6) is 0 Å². The number of ether oxygens (including phenoxy) is 1. The molecule has 5 heteroatoms. The van der Waals surface area contributed by atoms with Gasteiger partial charge in [-0.15, -0.1) is 6.58 Å². The topological polar surface area (TPSA) is 9.23 Å². The van der Waals surface area contributed by atoms with Gasteiger partial charge in [0.1, 0.15) is 0 Å². The predicted octanol–water partition coefficient (Wildman–Crippen LogP) is 4.73. The number of rotatable bonds is 4. The quantitative estimate of drug-likeness (QED) is 0.731. The zero-order valence-corrected chi connectivity index (χ0v) is 10.8. The molecule has 0 aliphatic heterocycles. The molecule has 94 valence electrons. The summed E-state index contributed by atoms with van der Waals surface area (Å²) in [5.41, 5.74) is -0.202. The average Bonchev–Trinajstić information content (AvgIpc) is 2.24. The maximum absolute atomic E-state index is 12.5. The molecule has 0 N–H and O–H groups in total. The van der Waals surface area contributed by atoms with Crippen molar-refractivity contribution in [1.29, 1.82) is 0 Å². The Hall–Kier alpha value is -0.810. The van der Waals surface area contributed by atoms with Crippen LogP contribution in [-0.2, 0) is 10.9 Å². The Morgan fingerprint density at radius 2 is 2.12 bits per heavy atom. The molecule has 1 nitrogen and oxygen atoms in total. The number of alkyl halides is 3. The molecule has 0 unspecified atom stereocenters. The zero-order chi connectivity index (χ0) is 13.1. The first kappa shape index (κ1) is 14.3. The SMILES string of the molecule is C=CCO[C@H](C)c1cc(C(F)(F)F)ccc1Br. The Morgan fingerprint density at radius 3 is 2.65 bits per heavy atom. The highest BCUT2D eigenvalue weighted by atomic mass is 79.9. The van der Waals surface area contributed by atoms with Crippen LogP contribution in [0.25, 0.3) is 0 Å². The van der Waals surface area contributed by atoms with E-state index < -0.39 is 17.8 Å². The first-order valence-electron chi connectivity index (χ1n) is 4.95. The van der Waals surface area contributed by atoms with Crippen LogP contribution in [0.1, 0.15) is 24.2 Å². The summed E-state index contributed by atoms with van der Waals surface area (Å²) < 4.78 is 43.5. The summed E-state index contributed by atoms with van der Waals surface area (Å²) in [6.45, 7) is 5.48. The highest BCUT2D eigenvalue weighted by molar-refractivity contribution is 9.10. The maximum Gasteiger partial charge on any atom is 0.416 e. The number of halogens is 4. The number of hydrogen-bond acceptors (Lipinski definition) is 1. The van der Waals surface area contributed by atoms with Gasteiger partial charge in [-0.05, 0) is 30.7 Å². The zero-order valence-electron chi connectivity index (χ0n) is 9.22. The van der Waals surface area contributed by atoms with Gasteiger partial charge in [-0.1, -0.05) is 22.0 Å². The van der Waals surface area contributed by atoms with Crippen LogP contribution in [-0.4, -0.2) is 6.61 Å². The molecule has 0 heterocycles. The first-order chi connectivity index (χ1) is 7.86. The third kappa shape index (κ3) is 3.85. The van der Waals surface area contributed by atoms with Crippen molar-refractivity contribution in [1.82, 2.24) is 0 Å². The van der Waals surface area contributed by atoms with Gasteiger partial charge in [0.15, 0.2) is 0 Å². The Morgan fingerprint density at radius 1 is 1.47 bits per heavy atom. The minimum atomic E-state index is -4.34. The van der Waals surface area contributed by atoms with Crippen molar-refractivity contribution in [3.8, 4) is 0 Å². The Balaban J connectivity index is 3.02. The number of hydrogen-bond donors (Lipinski definition) is 0. The lowest BCUT2D eigenvalue weighted by Gasteiger charge is -2.16. The van der Waals surface area contributed by atoms with Gasteiger partial charge in [-0.3, -0.25) is 0 Å². The molecule has 0 spiro atoms. The molecule has 0 aliphatic carbocycles. The van der Waals surface area contributed by atoms with Crippen molar-refractivity contribution < 1.29 is 17.9 Å². The Bertz CT molecular complexity index is 401. The van der Waals surface area contributed by atoms with Crippen LogP contribution in [0.15, 0.2) is 35.3 Å². The molecule has 0 fully saturated rings. The molecule has 0 aromatic heterocycles. The predicted molar refractivity (Wildman–Crippen MR) is 63.7 cm³/mol. The van der Waals surface area contributed by atoms with E-state index in [1.165, 1.54) is 6.07 Å². The minimum Gasteiger partial charge on any atom is -0.370 e. The molecule has 17 heavy (non-hydrogen) atoms. The second-order valence-corrected chi connectivity index (χ2v) is 4.35. The van der Waals surface area contributed by atoms with Gasteiger partial charge < -0.3 is 4.74 Å². The average molecular weight is 309 g/mol. The molecule has 1 rings (SSSR count). The van der Waals surface area contributed by atoms with Crippen LogP contribution in [0.3, 0.4) is 0 Å². The third-order valence-corrected chi connectivity index (χ3v) is 2.95. The summed E-state index contributed by atoms with van der Waals surface area (Å²) in [7, 11) is 0. The van der Waals surface area contributed by atoms with Crippen LogP contribution < -0.4 is 0 Å².